The van der Waals surface area contributed by atoms with Gasteiger partial charge in [-0.25, -0.2) is 4.79 Å². The third-order valence-electron chi connectivity index (χ3n) is 3.40. The third kappa shape index (κ3) is 2.67. The molecule has 0 bridgehead atoms. The van der Waals surface area contributed by atoms with E-state index in [-0.39, 0.29) is 5.56 Å². The first-order chi connectivity index (χ1) is 10.3. The molecule has 7 N–H and O–H groups in total. The monoisotopic (exact) mass is 317 g/mol. The van der Waals surface area contributed by atoms with Crippen LogP contribution in [0.5, 0.6) is 0 Å². The van der Waals surface area contributed by atoms with Gasteiger partial charge in [-0.15, -0.1) is 0 Å². The zero-order valence-electron chi connectivity index (χ0n) is 11.1. The fraction of sp³-hybridized carbons (Fsp3) is 0.545. The fourth-order valence-electron chi connectivity index (χ4n) is 2.18. The standard InChI is InChI=1S/C11H15N3O8/c12-4(10(19)20)7-5(16)6(17)9(22-7)14-1-3(2-15)8(18)13-11(14)21/h1,4-7,9,15-17H,2,12H2,(H,19,20)(H,13,18,21)/t4?,5-,6+,7+,9+/m0/s1. The number of hydrogen-bond donors (Lipinski definition) is 6. The molecule has 0 spiro atoms. The molecule has 11 nitrogen and oxygen atoms in total. The number of nitrogens with two attached hydrogens (primary N) is 1. The summed E-state index contributed by atoms with van der Waals surface area (Å²) in [4.78, 5) is 35.9. The number of carbonyl (C=O) groups is 1. The lowest BCUT2D eigenvalue weighted by molar-refractivity contribution is -0.144. The lowest BCUT2D eigenvalue weighted by atomic mass is 10.0. The molecule has 1 aromatic rings. The third-order valence-corrected chi connectivity index (χ3v) is 3.40. The first-order valence-corrected chi connectivity index (χ1v) is 6.23. The van der Waals surface area contributed by atoms with Gasteiger partial charge in [-0.2, -0.15) is 0 Å². The summed E-state index contributed by atoms with van der Waals surface area (Å²) in [5.41, 5.74) is 3.42. The lowest BCUT2D eigenvalue weighted by Gasteiger charge is -2.18. The van der Waals surface area contributed by atoms with Crippen molar-refractivity contribution in [2.45, 2.75) is 37.2 Å². The summed E-state index contributed by atoms with van der Waals surface area (Å²) in [6, 6.07) is -1.62. The topological polar surface area (TPSA) is 188 Å². The molecule has 0 saturated carbocycles. The highest BCUT2D eigenvalue weighted by atomic mass is 16.6. The van der Waals surface area contributed by atoms with E-state index in [1.165, 1.54) is 0 Å². The van der Waals surface area contributed by atoms with E-state index >= 15 is 0 Å². The van der Waals surface area contributed by atoms with Crippen molar-refractivity contribution in [3.63, 3.8) is 0 Å². The van der Waals surface area contributed by atoms with E-state index < -0.39 is 54.4 Å². The molecule has 0 radical (unpaired) electrons. The van der Waals surface area contributed by atoms with E-state index in [2.05, 4.69) is 0 Å². The van der Waals surface area contributed by atoms with Crippen LogP contribution in [0.4, 0.5) is 0 Å². The molecule has 2 heterocycles. The van der Waals surface area contributed by atoms with Crippen molar-refractivity contribution in [3.05, 3.63) is 32.6 Å². The number of aromatic nitrogens is 2. The maximum Gasteiger partial charge on any atom is 0.330 e. The van der Waals surface area contributed by atoms with Crippen molar-refractivity contribution in [2.24, 2.45) is 5.73 Å². The molecule has 2 rings (SSSR count). The van der Waals surface area contributed by atoms with Crippen molar-refractivity contribution < 1.29 is 30.0 Å². The van der Waals surface area contributed by atoms with Crippen LogP contribution in [-0.2, 0) is 16.1 Å². The number of aromatic amines is 1. The molecular formula is C11H15N3O8. The zero-order valence-corrected chi connectivity index (χ0v) is 11.1. The Morgan fingerprint density at radius 2 is 2.05 bits per heavy atom. The Labute approximate surface area is 122 Å². The summed E-state index contributed by atoms with van der Waals surface area (Å²) in [7, 11) is 0. The Hall–Kier alpha value is -2.05. The highest BCUT2D eigenvalue weighted by Crippen LogP contribution is 2.29. The van der Waals surface area contributed by atoms with E-state index in [4.69, 9.17) is 20.7 Å². The van der Waals surface area contributed by atoms with E-state index in [0.29, 0.717) is 0 Å². The molecule has 5 atom stereocenters. The van der Waals surface area contributed by atoms with Crippen LogP contribution < -0.4 is 17.0 Å². The first-order valence-electron chi connectivity index (χ1n) is 6.23. The minimum atomic E-state index is -1.65. The van der Waals surface area contributed by atoms with Gasteiger partial charge in [0.25, 0.3) is 5.56 Å². The summed E-state index contributed by atoms with van der Waals surface area (Å²) in [5.74, 6) is -1.46. The number of carboxylic acid groups (broad SMARTS) is 1. The smallest absolute Gasteiger partial charge is 0.330 e. The van der Waals surface area contributed by atoms with Crippen LogP contribution >= 0.6 is 0 Å². The number of aliphatic hydroxyl groups excluding tert-OH is 3. The minimum absolute atomic E-state index is 0.170. The van der Waals surface area contributed by atoms with Gasteiger partial charge in [-0.05, 0) is 0 Å². The minimum Gasteiger partial charge on any atom is -0.480 e. The van der Waals surface area contributed by atoms with Gasteiger partial charge in [-0.3, -0.25) is 19.1 Å². The van der Waals surface area contributed by atoms with Crippen molar-refractivity contribution in [3.8, 4) is 0 Å². The predicted octanol–water partition coefficient (Wildman–Crippen LogP) is -3.94. The second-order valence-corrected chi connectivity index (χ2v) is 4.82. The van der Waals surface area contributed by atoms with Gasteiger partial charge in [0.1, 0.15) is 24.4 Å². The van der Waals surface area contributed by atoms with Gasteiger partial charge < -0.3 is 30.9 Å². The molecule has 1 fully saturated rings. The Kier molecular flexibility index (Phi) is 4.44. The summed E-state index contributed by atoms with van der Waals surface area (Å²) in [5, 5.41) is 37.6. The summed E-state index contributed by atoms with van der Waals surface area (Å²) < 4.78 is 5.91. The average Bonchev–Trinajstić information content (AvgIpc) is 2.75. The van der Waals surface area contributed by atoms with E-state index in [0.717, 1.165) is 10.8 Å². The number of nitrogens with zero attached hydrogens (tertiary/aromatic N) is 1. The molecule has 1 aliphatic heterocycles. The van der Waals surface area contributed by atoms with Crippen molar-refractivity contribution in [1.29, 1.82) is 0 Å². The van der Waals surface area contributed by atoms with Gasteiger partial charge >= 0.3 is 11.7 Å². The quantitative estimate of drug-likeness (QED) is 0.322. The van der Waals surface area contributed by atoms with E-state index in [1.807, 2.05) is 4.98 Å². The average molecular weight is 317 g/mol. The zero-order chi connectivity index (χ0) is 16.6. The van der Waals surface area contributed by atoms with Gasteiger partial charge in [0.05, 0.1) is 12.2 Å². The van der Waals surface area contributed by atoms with Gasteiger partial charge in [0.15, 0.2) is 6.23 Å². The molecule has 1 unspecified atom stereocenters. The van der Waals surface area contributed by atoms with Crippen LogP contribution in [0.15, 0.2) is 15.8 Å². The van der Waals surface area contributed by atoms with Gasteiger partial charge in [-0.1, -0.05) is 0 Å². The fourth-order valence-corrected chi connectivity index (χ4v) is 2.18. The van der Waals surface area contributed by atoms with Crippen LogP contribution in [0.25, 0.3) is 0 Å². The number of aliphatic carboxylic acids is 1. The molecular weight excluding hydrogens is 302 g/mol. The van der Waals surface area contributed by atoms with Crippen molar-refractivity contribution in [2.75, 3.05) is 0 Å². The number of nitrogens with one attached hydrogen (secondary N) is 1. The van der Waals surface area contributed by atoms with Crippen molar-refractivity contribution in [1.82, 2.24) is 9.55 Å². The molecule has 1 aliphatic rings. The number of H-pyrrole nitrogens is 1. The number of rotatable bonds is 4. The van der Waals surface area contributed by atoms with Crippen LogP contribution in [0, 0.1) is 0 Å². The Bertz CT molecular complexity index is 683. The van der Waals surface area contributed by atoms with Crippen LogP contribution in [0.3, 0.4) is 0 Å². The Balaban J connectivity index is 2.40. The molecule has 0 aromatic carbocycles. The van der Waals surface area contributed by atoms with Crippen LogP contribution in [0.1, 0.15) is 11.8 Å². The Morgan fingerprint density at radius 3 is 2.59 bits per heavy atom. The highest BCUT2D eigenvalue weighted by molar-refractivity contribution is 5.74. The molecule has 1 aromatic heterocycles. The first kappa shape index (κ1) is 16.3. The van der Waals surface area contributed by atoms with Crippen LogP contribution in [0.2, 0.25) is 0 Å². The summed E-state index contributed by atoms with van der Waals surface area (Å²) in [6.07, 6.45) is -5.25. The number of aliphatic hydroxyl groups is 3. The van der Waals surface area contributed by atoms with Gasteiger partial charge in [0.2, 0.25) is 0 Å². The normalized spacial score (nSPS) is 29.5. The largest absolute Gasteiger partial charge is 0.480 e. The van der Waals surface area contributed by atoms with E-state index in [9.17, 15) is 24.6 Å². The SMILES string of the molecule is NC(C(=O)O)[C@H]1O[C@@H](n2cc(CO)c(=O)[nH]c2=O)[C@H](O)[C@@H]1O. The Morgan fingerprint density at radius 1 is 1.41 bits per heavy atom. The number of hydrogen-bond acceptors (Lipinski definition) is 8. The molecule has 11 heteroatoms. The lowest BCUT2D eigenvalue weighted by Crippen LogP contribution is -2.48. The van der Waals surface area contributed by atoms with Crippen molar-refractivity contribution >= 4 is 5.97 Å². The molecule has 122 valence electrons. The van der Waals surface area contributed by atoms with E-state index in [1.54, 1.807) is 0 Å². The maximum absolute atomic E-state index is 11.8. The van der Waals surface area contributed by atoms with Crippen LogP contribution in [-0.4, -0.2) is 60.3 Å². The summed E-state index contributed by atoms with van der Waals surface area (Å²) >= 11 is 0. The number of ether oxygens (including phenoxy) is 1. The maximum atomic E-state index is 11.8. The molecule has 22 heavy (non-hydrogen) atoms. The highest BCUT2D eigenvalue weighted by Gasteiger charge is 2.48. The predicted molar refractivity (Wildman–Crippen MR) is 68.8 cm³/mol. The molecule has 1 saturated heterocycles. The van der Waals surface area contributed by atoms with Gasteiger partial charge in [0, 0.05) is 6.20 Å². The second-order valence-electron chi connectivity index (χ2n) is 4.82. The molecule has 0 amide bonds. The summed E-state index contributed by atoms with van der Waals surface area (Å²) in [6.45, 7) is -0.668. The number of carboxylic acids is 1. The molecule has 0 aliphatic carbocycles. The second kappa shape index (κ2) is 5.98.